The second kappa shape index (κ2) is 7.22. The molecule has 0 fully saturated rings. The molecule has 22 heavy (non-hydrogen) atoms. The predicted octanol–water partition coefficient (Wildman–Crippen LogP) is 2.22. The van der Waals surface area contributed by atoms with Crippen molar-refractivity contribution in [3.63, 3.8) is 0 Å². The highest BCUT2D eigenvalue weighted by atomic mass is 16.1. The van der Waals surface area contributed by atoms with Gasteiger partial charge in [0, 0.05) is 12.6 Å². The third-order valence-electron chi connectivity index (χ3n) is 3.72. The van der Waals surface area contributed by atoms with Crippen LogP contribution in [0, 0.1) is 13.8 Å². The summed E-state index contributed by atoms with van der Waals surface area (Å²) in [5, 5.41) is 10.6. The van der Waals surface area contributed by atoms with Crippen molar-refractivity contribution in [3.05, 3.63) is 47.3 Å². The number of carbonyl (C=O) groups is 1. The summed E-state index contributed by atoms with van der Waals surface area (Å²) in [5.41, 5.74) is 3.59. The molecule has 1 amide bonds. The van der Waals surface area contributed by atoms with Crippen LogP contribution in [0.5, 0.6) is 0 Å². The zero-order valence-electron chi connectivity index (χ0n) is 13.7. The SMILES string of the molecule is CCN[C@H](C)CNC(=O)c1cnn(-c2ccccc2C)c1C. The summed E-state index contributed by atoms with van der Waals surface area (Å²) >= 11 is 0. The van der Waals surface area contributed by atoms with E-state index in [4.69, 9.17) is 0 Å². The average molecular weight is 300 g/mol. The van der Waals surface area contributed by atoms with Gasteiger partial charge in [-0.3, -0.25) is 4.79 Å². The molecule has 118 valence electrons. The van der Waals surface area contributed by atoms with Gasteiger partial charge in [0.25, 0.3) is 5.91 Å². The molecular weight excluding hydrogens is 276 g/mol. The summed E-state index contributed by atoms with van der Waals surface area (Å²) in [7, 11) is 0. The van der Waals surface area contributed by atoms with E-state index in [0.29, 0.717) is 12.1 Å². The topological polar surface area (TPSA) is 58.9 Å². The van der Waals surface area contributed by atoms with Crippen LogP contribution < -0.4 is 10.6 Å². The van der Waals surface area contributed by atoms with Crippen molar-refractivity contribution in [3.8, 4) is 5.69 Å². The highest BCUT2D eigenvalue weighted by Crippen LogP contribution is 2.17. The van der Waals surface area contributed by atoms with Gasteiger partial charge in [-0.25, -0.2) is 4.68 Å². The quantitative estimate of drug-likeness (QED) is 0.860. The molecule has 5 heteroatoms. The summed E-state index contributed by atoms with van der Waals surface area (Å²) in [4.78, 5) is 12.3. The molecule has 2 N–H and O–H groups in total. The molecule has 1 heterocycles. The smallest absolute Gasteiger partial charge is 0.254 e. The minimum atomic E-state index is -0.0814. The van der Waals surface area contributed by atoms with E-state index >= 15 is 0 Å². The Kier molecular flexibility index (Phi) is 5.33. The molecule has 0 saturated heterocycles. The first-order valence-electron chi connectivity index (χ1n) is 7.66. The summed E-state index contributed by atoms with van der Waals surface area (Å²) < 4.78 is 1.82. The lowest BCUT2D eigenvalue weighted by Gasteiger charge is -2.13. The second-order valence-electron chi connectivity index (χ2n) is 5.51. The molecule has 0 radical (unpaired) electrons. The number of amides is 1. The lowest BCUT2D eigenvalue weighted by atomic mass is 10.2. The lowest BCUT2D eigenvalue weighted by molar-refractivity contribution is 0.0949. The maximum atomic E-state index is 12.3. The van der Waals surface area contributed by atoms with Crippen molar-refractivity contribution in [1.82, 2.24) is 20.4 Å². The molecule has 0 aliphatic carbocycles. The van der Waals surface area contributed by atoms with Gasteiger partial charge in [-0.15, -0.1) is 0 Å². The molecule has 1 aromatic carbocycles. The van der Waals surface area contributed by atoms with E-state index in [9.17, 15) is 4.79 Å². The van der Waals surface area contributed by atoms with Crippen molar-refractivity contribution >= 4 is 5.91 Å². The minimum absolute atomic E-state index is 0.0814. The number of likely N-dealkylation sites (N-methyl/N-ethyl adjacent to an activating group) is 1. The van der Waals surface area contributed by atoms with Gasteiger partial charge in [-0.2, -0.15) is 5.10 Å². The van der Waals surface area contributed by atoms with Crippen LogP contribution in [0.25, 0.3) is 5.69 Å². The largest absolute Gasteiger partial charge is 0.350 e. The third kappa shape index (κ3) is 3.54. The molecule has 2 rings (SSSR count). The van der Waals surface area contributed by atoms with Crippen LogP contribution in [0.1, 0.15) is 35.5 Å². The van der Waals surface area contributed by atoms with E-state index in [1.54, 1.807) is 6.20 Å². The fourth-order valence-corrected chi connectivity index (χ4v) is 2.44. The Morgan fingerprint density at radius 3 is 2.73 bits per heavy atom. The zero-order valence-corrected chi connectivity index (χ0v) is 13.7. The molecule has 2 aromatic rings. The summed E-state index contributed by atoms with van der Waals surface area (Å²) in [6.45, 7) is 9.54. The van der Waals surface area contributed by atoms with Gasteiger partial charge < -0.3 is 10.6 Å². The van der Waals surface area contributed by atoms with E-state index in [-0.39, 0.29) is 11.9 Å². The van der Waals surface area contributed by atoms with E-state index in [0.717, 1.165) is 23.5 Å². The fourth-order valence-electron chi connectivity index (χ4n) is 2.44. The fraction of sp³-hybridized carbons (Fsp3) is 0.412. The molecule has 0 aliphatic heterocycles. The molecule has 0 bridgehead atoms. The normalized spacial score (nSPS) is 12.2. The van der Waals surface area contributed by atoms with Gasteiger partial charge in [0.05, 0.1) is 23.1 Å². The Morgan fingerprint density at radius 1 is 1.32 bits per heavy atom. The minimum Gasteiger partial charge on any atom is -0.350 e. The van der Waals surface area contributed by atoms with Gasteiger partial charge in [0.2, 0.25) is 0 Å². The van der Waals surface area contributed by atoms with Crippen molar-refractivity contribution < 1.29 is 4.79 Å². The van der Waals surface area contributed by atoms with Crippen LogP contribution in [0.2, 0.25) is 0 Å². The first kappa shape index (κ1) is 16.2. The summed E-state index contributed by atoms with van der Waals surface area (Å²) in [6, 6.07) is 8.26. The van der Waals surface area contributed by atoms with Crippen LogP contribution in [-0.4, -0.2) is 34.8 Å². The number of hydrogen-bond acceptors (Lipinski definition) is 3. The van der Waals surface area contributed by atoms with Gasteiger partial charge in [-0.05, 0) is 38.9 Å². The number of hydrogen-bond donors (Lipinski definition) is 2. The highest BCUT2D eigenvalue weighted by Gasteiger charge is 2.16. The Hall–Kier alpha value is -2.14. The van der Waals surface area contributed by atoms with E-state index in [2.05, 4.69) is 22.7 Å². The van der Waals surface area contributed by atoms with Gasteiger partial charge >= 0.3 is 0 Å². The van der Waals surface area contributed by atoms with Crippen LogP contribution in [0.15, 0.2) is 30.5 Å². The molecule has 1 aromatic heterocycles. The Bertz CT molecular complexity index is 648. The Labute approximate surface area is 131 Å². The number of rotatable bonds is 6. The number of aromatic nitrogens is 2. The molecule has 0 unspecified atom stereocenters. The predicted molar refractivity (Wildman–Crippen MR) is 88.5 cm³/mol. The standard InChI is InChI=1S/C17H24N4O/c1-5-18-13(3)10-19-17(22)15-11-20-21(14(15)4)16-9-7-6-8-12(16)2/h6-9,11,13,18H,5,10H2,1-4H3,(H,19,22)/t13-/m1/s1. The van der Waals surface area contributed by atoms with Crippen molar-refractivity contribution in [2.45, 2.75) is 33.7 Å². The zero-order chi connectivity index (χ0) is 16.1. The number of nitrogens with one attached hydrogen (secondary N) is 2. The second-order valence-corrected chi connectivity index (χ2v) is 5.51. The molecular formula is C17H24N4O. The first-order valence-corrected chi connectivity index (χ1v) is 7.66. The Balaban J connectivity index is 2.14. The van der Waals surface area contributed by atoms with Crippen molar-refractivity contribution in [2.75, 3.05) is 13.1 Å². The Morgan fingerprint density at radius 2 is 2.05 bits per heavy atom. The van der Waals surface area contributed by atoms with Crippen LogP contribution in [-0.2, 0) is 0 Å². The number of benzene rings is 1. The summed E-state index contributed by atoms with van der Waals surface area (Å²) in [5.74, 6) is -0.0814. The molecule has 1 atom stereocenters. The monoisotopic (exact) mass is 300 g/mol. The van der Waals surface area contributed by atoms with E-state index in [1.807, 2.05) is 49.7 Å². The first-order chi connectivity index (χ1) is 10.5. The maximum absolute atomic E-state index is 12.3. The van der Waals surface area contributed by atoms with E-state index in [1.165, 1.54) is 0 Å². The van der Waals surface area contributed by atoms with Crippen LogP contribution in [0.4, 0.5) is 0 Å². The highest BCUT2D eigenvalue weighted by molar-refractivity contribution is 5.95. The molecule has 5 nitrogen and oxygen atoms in total. The van der Waals surface area contributed by atoms with Crippen LogP contribution >= 0.6 is 0 Å². The maximum Gasteiger partial charge on any atom is 0.254 e. The van der Waals surface area contributed by atoms with Crippen molar-refractivity contribution in [2.24, 2.45) is 0 Å². The molecule has 0 spiro atoms. The number of para-hydroxylation sites is 1. The van der Waals surface area contributed by atoms with Crippen LogP contribution in [0.3, 0.4) is 0 Å². The number of carbonyl (C=O) groups excluding carboxylic acids is 1. The average Bonchev–Trinajstić information content (AvgIpc) is 2.87. The molecule has 0 aliphatic rings. The lowest BCUT2D eigenvalue weighted by Crippen LogP contribution is -2.38. The molecule has 0 saturated carbocycles. The summed E-state index contributed by atoms with van der Waals surface area (Å²) in [6.07, 6.45) is 1.63. The number of aryl methyl sites for hydroxylation is 1. The van der Waals surface area contributed by atoms with Gasteiger partial charge in [-0.1, -0.05) is 25.1 Å². The van der Waals surface area contributed by atoms with Gasteiger partial charge in [0.1, 0.15) is 0 Å². The van der Waals surface area contributed by atoms with Gasteiger partial charge in [0.15, 0.2) is 0 Å². The van der Waals surface area contributed by atoms with Crippen molar-refractivity contribution in [1.29, 1.82) is 0 Å². The third-order valence-corrected chi connectivity index (χ3v) is 3.72. The number of nitrogens with zero attached hydrogens (tertiary/aromatic N) is 2. The van der Waals surface area contributed by atoms with E-state index < -0.39 is 0 Å².